The van der Waals surface area contributed by atoms with E-state index in [1.807, 2.05) is 63.4 Å². The lowest BCUT2D eigenvalue weighted by Gasteiger charge is -2.09. The number of aliphatic hydroxyl groups excluding tert-OH is 1. The molecule has 7 N–H and O–H groups in total. The van der Waals surface area contributed by atoms with E-state index in [1.165, 1.54) is 0 Å². The summed E-state index contributed by atoms with van der Waals surface area (Å²) >= 11 is 5.95. The van der Waals surface area contributed by atoms with Gasteiger partial charge in [-0.2, -0.15) is 0 Å². The number of anilines is 2. The second-order valence-corrected chi connectivity index (χ2v) is 10.5. The summed E-state index contributed by atoms with van der Waals surface area (Å²) in [6.45, 7) is 5.97. The van der Waals surface area contributed by atoms with Gasteiger partial charge in [-0.3, -0.25) is 9.59 Å². The van der Waals surface area contributed by atoms with Gasteiger partial charge in [0.2, 0.25) is 12.1 Å². The van der Waals surface area contributed by atoms with Crippen LogP contribution in [0.4, 0.5) is 11.6 Å². The van der Waals surface area contributed by atoms with E-state index in [2.05, 4.69) is 20.6 Å². The number of carbonyl (C=O) groups excluding carboxylic acids is 2. The predicted molar refractivity (Wildman–Crippen MR) is 161 cm³/mol. The standard InChI is InChI=1S/C29H36ClN9O4/c1-4-38-22-13-19(14-23(41)33-10-6-12-37-11-5-7-20(17-37)43-3)8-9-21(22)39(16-18(2)40)24(38)15-34-29(42)25-27(31)36-28(32)26(30)35-25/h5,7-9,11,13,17-18,40H,4,6,10,12,14-16H2,1-3H3,(H4-2,31,32,33,34,36,41,42)/p+2. The van der Waals surface area contributed by atoms with Gasteiger partial charge < -0.3 is 31.9 Å². The average molecular weight is 612 g/mol. The van der Waals surface area contributed by atoms with Crippen molar-refractivity contribution < 1.29 is 28.6 Å². The number of ether oxygens (including phenoxy) is 1. The van der Waals surface area contributed by atoms with Crippen LogP contribution in [0.1, 0.15) is 42.1 Å². The predicted octanol–water partition coefficient (Wildman–Crippen LogP) is 0.912. The lowest BCUT2D eigenvalue weighted by Crippen LogP contribution is -2.44. The molecule has 4 rings (SSSR count). The summed E-state index contributed by atoms with van der Waals surface area (Å²) in [7, 11) is 1.63. The Morgan fingerprint density at radius 2 is 1.98 bits per heavy atom. The van der Waals surface area contributed by atoms with Crippen molar-refractivity contribution in [1.82, 2.24) is 25.2 Å². The molecule has 2 amide bonds. The van der Waals surface area contributed by atoms with E-state index in [9.17, 15) is 14.7 Å². The number of nitrogens with one attached hydrogen (secondary N) is 2. The highest BCUT2D eigenvalue weighted by molar-refractivity contribution is 6.31. The molecule has 0 saturated carbocycles. The van der Waals surface area contributed by atoms with Gasteiger partial charge in [-0.25, -0.2) is 23.7 Å². The molecule has 3 aromatic heterocycles. The second-order valence-electron chi connectivity index (χ2n) is 10.1. The van der Waals surface area contributed by atoms with Crippen LogP contribution in [0.25, 0.3) is 11.0 Å². The molecule has 4 aromatic rings. The molecule has 13 nitrogen and oxygen atoms in total. The Bertz CT molecular complexity index is 1620. The highest BCUT2D eigenvalue weighted by Gasteiger charge is 2.27. The fourth-order valence-corrected chi connectivity index (χ4v) is 5.03. The van der Waals surface area contributed by atoms with Crippen molar-refractivity contribution in [3.63, 3.8) is 0 Å². The van der Waals surface area contributed by atoms with Crippen molar-refractivity contribution in [2.75, 3.05) is 25.1 Å². The second kappa shape index (κ2) is 14.1. The number of rotatable bonds is 13. The number of nitrogens with zero attached hydrogens (tertiary/aromatic N) is 5. The van der Waals surface area contributed by atoms with E-state index < -0.39 is 12.0 Å². The zero-order chi connectivity index (χ0) is 31.1. The SMILES string of the molecule is CCn1c(CNC(=O)c2nc(Cl)c(N)nc2N)[n+](CC(C)O)c2ccc(CC(=O)NCCC[n+]3cccc(OC)c3)cc21. The maximum Gasteiger partial charge on any atom is 0.277 e. The highest BCUT2D eigenvalue weighted by atomic mass is 35.5. The van der Waals surface area contributed by atoms with E-state index in [1.54, 1.807) is 14.0 Å². The number of nitrogens with two attached hydrogens (primary N) is 2. The zero-order valence-corrected chi connectivity index (χ0v) is 25.3. The van der Waals surface area contributed by atoms with Crippen LogP contribution in [0, 0.1) is 0 Å². The minimum atomic E-state index is -0.645. The van der Waals surface area contributed by atoms with E-state index in [0.717, 1.165) is 41.1 Å². The van der Waals surface area contributed by atoms with E-state index in [-0.39, 0.29) is 41.4 Å². The smallest absolute Gasteiger partial charge is 0.277 e. The van der Waals surface area contributed by atoms with Gasteiger partial charge in [0.15, 0.2) is 45.5 Å². The minimum Gasteiger partial charge on any atom is -0.491 e. The first-order chi connectivity index (χ1) is 20.6. The highest BCUT2D eigenvalue weighted by Crippen LogP contribution is 2.20. The van der Waals surface area contributed by atoms with Crippen molar-refractivity contribution in [2.45, 2.75) is 59.0 Å². The van der Waals surface area contributed by atoms with Gasteiger partial charge in [-0.1, -0.05) is 17.7 Å². The number of nitrogen functional groups attached to an aromatic ring is 2. The lowest BCUT2D eigenvalue weighted by atomic mass is 10.1. The minimum absolute atomic E-state index is 0.0617. The quantitative estimate of drug-likeness (QED) is 0.109. The van der Waals surface area contributed by atoms with Crippen LogP contribution in [0.2, 0.25) is 5.15 Å². The Morgan fingerprint density at radius 3 is 2.70 bits per heavy atom. The topological polar surface area (TPSA) is 178 Å². The van der Waals surface area contributed by atoms with Gasteiger partial charge in [-0.05, 0) is 37.6 Å². The van der Waals surface area contributed by atoms with Crippen molar-refractivity contribution in [3.8, 4) is 5.75 Å². The monoisotopic (exact) mass is 611 g/mol. The molecular formula is C29H38ClN9O4+2. The molecule has 0 aliphatic heterocycles. The number of fused-ring (bicyclic) bond motifs is 1. The van der Waals surface area contributed by atoms with Gasteiger partial charge >= 0.3 is 0 Å². The molecule has 0 aliphatic carbocycles. The Kier molecular flexibility index (Phi) is 10.3. The molecule has 43 heavy (non-hydrogen) atoms. The molecular weight excluding hydrogens is 574 g/mol. The number of aliphatic hydroxyl groups is 1. The lowest BCUT2D eigenvalue weighted by molar-refractivity contribution is -0.697. The first-order valence-corrected chi connectivity index (χ1v) is 14.4. The number of pyridine rings is 1. The molecule has 0 spiro atoms. The van der Waals surface area contributed by atoms with E-state index in [4.69, 9.17) is 27.8 Å². The first kappa shape index (κ1) is 31.4. The van der Waals surface area contributed by atoms with Crippen molar-refractivity contribution >= 4 is 46.1 Å². The third-order valence-corrected chi connectivity index (χ3v) is 7.16. The Morgan fingerprint density at radius 1 is 1.19 bits per heavy atom. The molecule has 3 heterocycles. The van der Waals surface area contributed by atoms with Gasteiger partial charge in [-0.15, -0.1) is 0 Å². The number of imidazole rings is 1. The summed E-state index contributed by atoms with van der Waals surface area (Å²) in [5, 5.41) is 16.0. The number of amides is 2. The number of halogens is 1. The third kappa shape index (κ3) is 7.67. The van der Waals surface area contributed by atoms with Crippen LogP contribution in [0.5, 0.6) is 5.75 Å². The molecule has 0 bridgehead atoms. The number of aromatic nitrogens is 5. The molecule has 228 valence electrons. The van der Waals surface area contributed by atoms with E-state index >= 15 is 0 Å². The number of hydrogen-bond acceptors (Lipinski definition) is 8. The Balaban J connectivity index is 1.48. The summed E-state index contributed by atoms with van der Waals surface area (Å²) in [6, 6.07) is 9.61. The van der Waals surface area contributed by atoms with Gasteiger partial charge in [0.1, 0.15) is 19.6 Å². The molecule has 1 atom stereocenters. The van der Waals surface area contributed by atoms with Crippen molar-refractivity contribution in [3.05, 3.63) is 65.0 Å². The number of aryl methyl sites for hydroxylation is 2. The maximum absolute atomic E-state index is 12.9. The molecule has 1 unspecified atom stereocenters. The molecule has 0 radical (unpaired) electrons. The normalized spacial score (nSPS) is 11.8. The van der Waals surface area contributed by atoms with Crippen molar-refractivity contribution in [2.24, 2.45) is 0 Å². The van der Waals surface area contributed by atoms with Crippen LogP contribution >= 0.6 is 11.6 Å². The fraction of sp³-hybridized carbons (Fsp3) is 0.379. The van der Waals surface area contributed by atoms with Crippen LogP contribution in [0.15, 0.2) is 42.7 Å². The van der Waals surface area contributed by atoms with Gasteiger partial charge in [0.05, 0.1) is 26.2 Å². The zero-order valence-electron chi connectivity index (χ0n) is 24.5. The number of methoxy groups -OCH3 is 1. The Labute approximate surface area is 254 Å². The number of hydrogen-bond donors (Lipinski definition) is 5. The first-order valence-electron chi connectivity index (χ1n) is 14.0. The Hall–Kier alpha value is -4.49. The molecule has 14 heteroatoms. The number of benzene rings is 1. The van der Waals surface area contributed by atoms with Crippen molar-refractivity contribution in [1.29, 1.82) is 0 Å². The largest absolute Gasteiger partial charge is 0.491 e. The van der Waals surface area contributed by atoms with Crippen LogP contribution in [-0.4, -0.2) is 51.2 Å². The maximum atomic E-state index is 12.9. The van der Waals surface area contributed by atoms with Crippen LogP contribution < -0.4 is 36.0 Å². The number of carbonyl (C=O) groups is 2. The summed E-state index contributed by atoms with van der Waals surface area (Å²) in [5.41, 5.74) is 13.9. The molecule has 0 aliphatic rings. The summed E-state index contributed by atoms with van der Waals surface area (Å²) in [4.78, 5) is 33.5. The summed E-state index contributed by atoms with van der Waals surface area (Å²) in [5.74, 6) is 0.698. The molecule has 0 fully saturated rings. The average Bonchev–Trinajstić information content (AvgIpc) is 3.26. The van der Waals surface area contributed by atoms with Gasteiger partial charge in [0, 0.05) is 19.0 Å². The third-order valence-electron chi connectivity index (χ3n) is 6.88. The molecule has 1 aromatic carbocycles. The van der Waals surface area contributed by atoms with Crippen LogP contribution in [-0.2, 0) is 37.4 Å². The molecule has 0 saturated heterocycles. The summed E-state index contributed by atoms with van der Waals surface area (Å²) < 4.78 is 11.3. The van der Waals surface area contributed by atoms with Crippen LogP contribution in [0.3, 0.4) is 0 Å². The summed E-state index contributed by atoms with van der Waals surface area (Å²) in [6.07, 6.45) is 4.22. The van der Waals surface area contributed by atoms with E-state index in [0.29, 0.717) is 19.6 Å². The van der Waals surface area contributed by atoms with Gasteiger partial charge in [0.25, 0.3) is 11.7 Å². The fourth-order valence-electron chi connectivity index (χ4n) is 4.91.